The van der Waals surface area contributed by atoms with Gasteiger partial charge in [-0.15, -0.1) is 11.3 Å². The summed E-state index contributed by atoms with van der Waals surface area (Å²) in [5.74, 6) is 0.480. The maximum Gasteiger partial charge on any atom is 0.262 e. The predicted octanol–water partition coefficient (Wildman–Crippen LogP) is 2.32. The zero-order valence-corrected chi connectivity index (χ0v) is 12.8. The zero-order chi connectivity index (χ0) is 14.8. The first-order chi connectivity index (χ1) is 9.46. The lowest BCUT2D eigenvalue weighted by Crippen LogP contribution is -2.13. The highest BCUT2D eigenvalue weighted by Gasteiger charge is 2.18. The van der Waals surface area contributed by atoms with Gasteiger partial charge in [0.15, 0.2) is 0 Å². The molecule has 7 heteroatoms. The average molecular weight is 312 g/mol. The van der Waals surface area contributed by atoms with Gasteiger partial charge in [-0.2, -0.15) is 0 Å². The molecule has 5 nitrogen and oxygen atoms in total. The summed E-state index contributed by atoms with van der Waals surface area (Å²) in [4.78, 5) is 1.04. The van der Waals surface area contributed by atoms with Crippen molar-refractivity contribution in [3.63, 3.8) is 0 Å². The van der Waals surface area contributed by atoms with Crippen LogP contribution in [0.25, 0.3) is 0 Å². The van der Waals surface area contributed by atoms with E-state index in [0.29, 0.717) is 18.0 Å². The number of sulfonamides is 1. The van der Waals surface area contributed by atoms with Gasteiger partial charge in [0.25, 0.3) is 10.0 Å². The molecule has 1 heterocycles. The highest BCUT2D eigenvalue weighted by molar-refractivity contribution is 7.92. The van der Waals surface area contributed by atoms with Crippen LogP contribution in [0.5, 0.6) is 5.75 Å². The van der Waals surface area contributed by atoms with Crippen LogP contribution in [0.15, 0.2) is 34.5 Å². The minimum atomic E-state index is -3.63. The van der Waals surface area contributed by atoms with E-state index in [1.807, 2.05) is 13.0 Å². The monoisotopic (exact) mass is 312 g/mol. The van der Waals surface area contributed by atoms with Gasteiger partial charge in [-0.05, 0) is 30.7 Å². The van der Waals surface area contributed by atoms with E-state index in [1.54, 1.807) is 23.6 Å². The lowest BCUT2D eigenvalue weighted by Gasteiger charge is -2.11. The maximum atomic E-state index is 12.3. The van der Waals surface area contributed by atoms with Gasteiger partial charge in [-0.1, -0.05) is 6.07 Å². The Morgan fingerprint density at radius 2 is 2.10 bits per heavy atom. The minimum absolute atomic E-state index is 0.214. The second kappa shape index (κ2) is 5.82. The van der Waals surface area contributed by atoms with Crippen molar-refractivity contribution in [2.45, 2.75) is 18.4 Å². The van der Waals surface area contributed by atoms with Crippen molar-refractivity contribution in [1.82, 2.24) is 0 Å². The lowest BCUT2D eigenvalue weighted by atomic mass is 10.2. The van der Waals surface area contributed by atoms with Crippen LogP contribution in [0.1, 0.15) is 10.4 Å². The molecule has 0 bridgehead atoms. The number of anilines is 1. The molecule has 0 aliphatic heterocycles. The standard InChI is InChI=1S/C13H16N2O3S2/c1-9-3-4-13(18-2)12(5-9)15-20(16,17)11-6-10(7-14)19-8-11/h3-6,8,15H,7,14H2,1-2H3. The van der Waals surface area contributed by atoms with Crippen molar-refractivity contribution in [1.29, 1.82) is 0 Å². The molecule has 0 saturated heterocycles. The van der Waals surface area contributed by atoms with Gasteiger partial charge < -0.3 is 10.5 Å². The minimum Gasteiger partial charge on any atom is -0.495 e. The number of ether oxygens (including phenoxy) is 1. The van der Waals surface area contributed by atoms with Gasteiger partial charge in [0.2, 0.25) is 0 Å². The first-order valence-electron chi connectivity index (χ1n) is 5.91. The molecule has 3 N–H and O–H groups in total. The fourth-order valence-electron chi connectivity index (χ4n) is 1.71. The number of hydrogen-bond acceptors (Lipinski definition) is 5. The summed E-state index contributed by atoms with van der Waals surface area (Å²) in [5.41, 5.74) is 6.86. The molecule has 2 rings (SSSR count). The number of benzene rings is 1. The van der Waals surface area contributed by atoms with Crippen molar-refractivity contribution in [2.24, 2.45) is 5.73 Å². The van der Waals surface area contributed by atoms with Crippen LogP contribution in [-0.2, 0) is 16.6 Å². The Balaban J connectivity index is 2.35. The highest BCUT2D eigenvalue weighted by Crippen LogP contribution is 2.28. The Morgan fingerprint density at radius 1 is 1.35 bits per heavy atom. The molecule has 0 aliphatic carbocycles. The SMILES string of the molecule is COc1ccc(C)cc1NS(=O)(=O)c1csc(CN)c1. The van der Waals surface area contributed by atoms with E-state index in [9.17, 15) is 8.42 Å². The van der Waals surface area contributed by atoms with E-state index in [-0.39, 0.29) is 4.90 Å². The summed E-state index contributed by atoms with van der Waals surface area (Å²) in [6, 6.07) is 6.89. The van der Waals surface area contributed by atoms with Crippen LogP contribution in [0.4, 0.5) is 5.69 Å². The molecule has 0 atom stereocenters. The Labute approximate surface area is 122 Å². The van der Waals surface area contributed by atoms with Crippen molar-refractivity contribution < 1.29 is 13.2 Å². The zero-order valence-electron chi connectivity index (χ0n) is 11.2. The molecule has 108 valence electrons. The number of nitrogens with two attached hydrogens (primary N) is 1. The van der Waals surface area contributed by atoms with E-state index >= 15 is 0 Å². The third kappa shape index (κ3) is 3.12. The Kier molecular flexibility index (Phi) is 4.32. The fourth-order valence-corrected chi connectivity index (χ4v) is 3.93. The average Bonchev–Trinajstić information content (AvgIpc) is 2.88. The maximum absolute atomic E-state index is 12.3. The quantitative estimate of drug-likeness (QED) is 0.888. The largest absolute Gasteiger partial charge is 0.495 e. The van der Waals surface area contributed by atoms with Crippen LogP contribution >= 0.6 is 11.3 Å². The number of thiophene rings is 1. The highest BCUT2D eigenvalue weighted by atomic mass is 32.2. The van der Waals surface area contributed by atoms with Crippen molar-refractivity contribution in [3.05, 3.63) is 40.1 Å². The Hall–Kier alpha value is -1.57. The number of hydrogen-bond donors (Lipinski definition) is 2. The molecule has 2 aromatic rings. The molecule has 1 aromatic heterocycles. The Bertz CT molecular complexity index is 708. The summed E-state index contributed by atoms with van der Waals surface area (Å²) in [6.45, 7) is 2.21. The number of methoxy groups -OCH3 is 1. The van der Waals surface area contributed by atoms with E-state index < -0.39 is 10.0 Å². The second-order valence-electron chi connectivity index (χ2n) is 4.26. The molecular weight excluding hydrogens is 296 g/mol. The summed E-state index contributed by atoms with van der Waals surface area (Å²) >= 11 is 1.32. The summed E-state index contributed by atoms with van der Waals surface area (Å²) in [7, 11) is -2.13. The van der Waals surface area contributed by atoms with Gasteiger partial charge in [-0.3, -0.25) is 4.72 Å². The first kappa shape index (κ1) is 14.8. The van der Waals surface area contributed by atoms with Gasteiger partial charge >= 0.3 is 0 Å². The summed E-state index contributed by atoms with van der Waals surface area (Å²) in [5, 5.41) is 1.58. The smallest absolute Gasteiger partial charge is 0.262 e. The van der Waals surface area contributed by atoms with E-state index in [1.165, 1.54) is 18.4 Å². The fraction of sp³-hybridized carbons (Fsp3) is 0.231. The van der Waals surface area contributed by atoms with Crippen molar-refractivity contribution in [2.75, 3.05) is 11.8 Å². The number of rotatable bonds is 5. The molecule has 0 aliphatic rings. The van der Waals surface area contributed by atoms with E-state index in [4.69, 9.17) is 10.5 Å². The molecule has 0 fully saturated rings. The molecule has 0 spiro atoms. The lowest BCUT2D eigenvalue weighted by molar-refractivity contribution is 0.417. The third-order valence-electron chi connectivity index (χ3n) is 2.74. The van der Waals surface area contributed by atoms with Crippen molar-refractivity contribution >= 4 is 27.0 Å². The molecule has 20 heavy (non-hydrogen) atoms. The molecule has 0 unspecified atom stereocenters. The van der Waals surface area contributed by atoms with E-state index in [0.717, 1.165) is 10.4 Å². The number of nitrogens with one attached hydrogen (secondary N) is 1. The van der Waals surface area contributed by atoms with Gasteiger partial charge in [0.1, 0.15) is 5.75 Å². The molecule has 1 aromatic carbocycles. The molecule has 0 saturated carbocycles. The second-order valence-corrected chi connectivity index (χ2v) is 6.94. The van der Waals surface area contributed by atoms with Gasteiger partial charge in [-0.25, -0.2) is 8.42 Å². The molecular formula is C13H16N2O3S2. The first-order valence-corrected chi connectivity index (χ1v) is 8.27. The molecule has 0 amide bonds. The van der Waals surface area contributed by atoms with Gasteiger partial charge in [0.05, 0.1) is 17.7 Å². The van der Waals surface area contributed by atoms with Crippen molar-refractivity contribution in [3.8, 4) is 5.75 Å². The predicted molar refractivity (Wildman–Crippen MR) is 80.7 cm³/mol. The van der Waals surface area contributed by atoms with Crippen LogP contribution in [0, 0.1) is 6.92 Å². The normalized spacial score (nSPS) is 11.3. The summed E-state index contributed by atoms with van der Waals surface area (Å²) in [6.07, 6.45) is 0. The molecule has 0 radical (unpaired) electrons. The van der Waals surface area contributed by atoms with E-state index in [2.05, 4.69) is 4.72 Å². The van der Waals surface area contributed by atoms with Crippen LogP contribution in [-0.4, -0.2) is 15.5 Å². The van der Waals surface area contributed by atoms with Gasteiger partial charge in [0, 0.05) is 16.8 Å². The summed E-state index contributed by atoms with van der Waals surface area (Å²) < 4.78 is 32.3. The van der Waals surface area contributed by atoms with Crippen LogP contribution in [0.2, 0.25) is 0 Å². The number of aryl methyl sites for hydroxylation is 1. The van der Waals surface area contributed by atoms with Crippen LogP contribution < -0.4 is 15.2 Å². The third-order valence-corrected chi connectivity index (χ3v) is 5.19. The Morgan fingerprint density at radius 3 is 2.70 bits per heavy atom. The van der Waals surface area contributed by atoms with Crippen LogP contribution in [0.3, 0.4) is 0 Å². The topological polar surface area (TPSA) is 81.4 Å².